The monoisotopic (exact) mass is 210 g/mol. The van der Waals surface area contributed by atoms with Crippen molar-refractivity contribution in [1.29, 1.82) is 0 Å². The van der Waals surface area contributed by atoms with Crippen LogP contribution in [-0.2, 0) is 0 Å². The van der Waals surface area contributed by atoms with E-state index >= 15 is 0 Å². The fourth-order valence-corrected chi connectivity index (χ4v) is 3.74. The first kappa shape index (κ1) is 13.1. The van der Waals surface area contributed by atoms with E-state index in [2.05, 4.69) is 34.6 Å². The van der Waals surface area contributed by atoms with Crippen LogP contribution in [0.2, 0.25) is 0 Å². The van der Waals surface area contributed by atoms with Gasteiger partial charge in [0.2, 0.25) is 0 Å². The minimum atomic E-state index is 0.947. The molecule has 0 aromatic heterocycles. The van der Waals surface area contributed by atoms with E-state index < -0.39 is 0 Å². The first-order chi connectivity index (χ1) is 7.10. The van der Waals surface area contributed by atoms with Crippen molar-refractivity contribution >= 4 is 0 Å². The highest BCUT2D eigenvalue weighted by Gasteiger charge is 2.34. The van der Waals surface area contributed by atoms with Crippen molar-refractivity contribution in [2.75, 3.05) is 0 Å². The van der Waals surface area contributed by atoms with E-state index in [1.54, 1.807) is 0 Å². The molecule has 0 aliphatic heterocycles. The van der Waals surface area contributed by atoms with Gasteiger partial charge in [-0.15, -0.1) is 0 Å². The second-order valence-electron chi connectivity index (χ2n) is 6.02. The highest BCUT2D eigenvalue weighted by molar-refractivity contribution is 4.84. The Morgan fingerprint density at radius 3 is 2.00 bits per heavy atom. The maximum Gasteiger partial charge on any atom is -0.0362 e. The van der Waals surface area contributed by atoms with Gasteiger partial charge in [-0.25, -0.2) is 0 Å². The van der Waals surface area contributed by atoms with E-state index in [-0.39, 0.29) is 0 Å². The van der Waals surface area contributed by atoms with Crippen LogP contribution >= 0.6 is 0 Å². The lowest BCUT2D eigenvalue weighted by molar-refractivity contribution is 0.217. The molecule has 1 saturated carbocycles. The largest absolute Gasteiger partial charge is 0.0654 e. The highest BCUT2D eigenvalue weighted by Crippen LogP contribution is 2.43. The van der Waals surface area contributed by atoms with Crippen molar-refractivity contribution in [3.05, 3.63) is 0 Å². The molecule has 1 aliphatic carbocycles. The normalized spacial score (nSPS) is 35.4. The quantitative estimate of drug-likeness (QED) is 0.590. The van der Waals surface area contributed by atoms with Crippen molar-refractivity contribution in [2.24, 2.45) is 29.6 Å². The van der Waals surface area contributed by atoms with E-state index in [9.17, 15) is 0 Å². The molecule has 4 atom stereocenters. The topological polar surface area (TPSA) is 0 Å². The van der Waals surface area contributed by atoms with Gasteiger partial charge < -0.3 is 0 Å². The summed E-state index contributed by atoms with van der Waals surface area (Å²) in [6.07, 6.45) is 7.17. The molecule has 0 heterocycles. The second-order valence-corrected chi connectivity index (χ2v) is 6.02. The summed E-state index contributed by atoms with van der Waals surface area (Å²) in [7, 11) is 0. The van der Waals surface area contributed by atoms with E-state index in [0.29, 0.717) is 0 Å². The highest BCUT2D eigenvalue weighted by atomic mass is 14.4. The molecule has 4 unspecified atom stereocenters. The maximum atomic E-state index is 2.48. The zero-order valence-corrected chi connectivity index (χ0v) is 11.4. The van der Waals surface area contributed by atoms with E-state index in [4.69, 9.17) is 0 Å². The second kappa shape index (κ2) is 5.92. The zero-order valence-electron chi connectivity index (χ0n) is 11.4. The first-order valence-electron chi connectivity index (χ1n) is 7.10. The van der Waals surface area contributed by atoms with Gasteiger partial charge in [0.15, 0.2) is 0 Å². The van der Waals surface area contributed by atoms with Crippen LogP contribution in [0.3, 0.4) is 0 Å². The molecule has 1 fully saturated rings. The Hall–Kier alpha value is 0. The van der Waals surface area contributed by atoms with Crippen LogP contribution in [0.25, 0.3) is 0 Å². The molecule has 0 bridgehead atoms. The summed E-state index contributed by atoms with van der Waals surface area (Å²) < 4.78 is 0. The van der Waals surface area contributed by atoms with Crippen molar-refractivity contribution in [3.8, 4) is 0 Å². The predicted molar refractivity (Wildman–Crippen MR) is 68.9 cm³/mol. The first-order valence-corrected chi connectivity index (χ1v) is 7.10. The minimum absolute atomic E-state index is 0.947. The third kappa shape index (κ3) is 3.23. The Morgan fingerprint density at radius 1 is 1.07 bits per heavy atom. The molecule has 0 aromatic rings. The van der Waals surface area contributed by atoms with E-state index in [1.165, 1.54) is 32.1 Å². The molecule has 1 aliphatic rings. The van der Waals surface area contributed by atoms with E-state index in [0.717, 1.165) is 29.6 Å². The molecule has 0 saturated heterocycles. The van der Waals surface area contributed by atoms with Crippen LogP contribution in [-0.4, -0.2) is 0 Å². The molecular weight excluding hydrogens is 180 g/mol. The Kier molecular flexibility index (Phi) is 5.15. The summed E-state index contributed by atoms with van der Waals surface area (Å²) >= 11 is 0. The van der Waals surface area contributed by atoms with Gasteiger partial charge >= 0.3 is 0 Å². The van der Waals surface area contributed by atoms with Gasteiger partial charge in [-0.2, -0.15) is 0 Å². The molecule has 0 aromatic carbocycles. The van der Waals surface area contributed by atoms with Crippen molar-refractivity contribution in [2.45, 2.75) is 66.7 Å². The molecule has 0 nitrogen and oxygen atoms in total. The summed E-state index contributed by atoms with van der Waals surface area (Å²) in [5, 5.41) is 0. The van der Waals surface area contributed by atoms with E-state index in [1.807, 2.05) is 0 Å². The smallest absolute Gasteiger partial charge is 0.0362 e. The van der Waals surface area contributed by atoms with Gasteiger partial charge in [0.1, 0.15) is 0 Å². The van der Waals surface area contributed by atoms with Crippen LogP contribution in [0.4, 0.5) is 0 Å². The standard InChI is InChI=1S/C15H30/c1-6-8-11(3)15(7-2)14-9-12(4)13(5)10-14/h11-15H,6-10H2,1-5H3. The molecule has 1 rings (SSSR count). The molecule has 0 N–H and O–H groups in total. The van der Waals surface area contributed by atoms with Gasteiger partial charge in [-0.05, 0) is 42.4 Å². The third-order valence-corrected chi connectivity index (χ3v) is 4.87. The van der Waals surface area contributed by atoms with Gasteiger partial charge in [-0.3, -0.25) is 0 Å². The van der Waals surface area contributed by atoms with Gasteiger partial charge in [-0.1, -0.05) is 53.9 Å². The zero-order chi connectivity index (χ0) is 11.4. The Balaban J connectivity index is 2.52. The number of rotatable bonds is 5. The summed E-state index contributed by atoms with van der Waals surface area (Å²) in [4.78, 5) is 0. The molecular formula is C15H30. The third-order valence-electron chi connectivity index (χ3n) is 4.87. The average molecular weight is 210 g/mol. The predicted octanol–water partition coefficient (Wildman–Crippen LogP) is 5.13. The molecule has 0 spiro atoms. The molecule has 15 heavy (non-hydrogen) atoms. The van der Waals surface area contributed by atoms with Crippen LogP contribution in [0.5, 0.6) is 0 Å². The molecule has 0 heteroatoms. The molecule has 0 amide bonds. The minimum Gasteiger partial charge on any atom is -0.0654 e. The summed E-state index contributed by atoms with van der Waals surface area (Å²) in [5.41, 5.74) is 0. The van der Waals surface area contributed by atoms with Crippen molar-refractivity contribution in [1.82, 2.24) is 0 Å². The average Bonchev–Trinajstić information content (AvgIpc) is 2.48. The Labute approximate surface area is 96.8 Å². The summed E-state index contributed by atoms with van der Waals surface area (Å²) in [6.45, 7) is 12.1. The summed E-state index contributed by atoms with van der Waals surface area (Å²) in [5.74, 6) is 4.91. The van der Waals surface area contributed by atoms with Gasteiger partial charge in [0, 0.05) is 0 Å². The van der Waals surface area contributed by atoms with Crippen LogP contribution in [0, 0.1) is 29.6 Å². The maximum absolute atomic E-state index is 2.48. The lowest BCUT2D eigenvalue weighted by atomic mass is 9.77. The Bertz CT molecular complexity index is 163. The lowest BCUT2D eigenvalue weighted by Crippen LogP contribution is -2.19. The Morgan fingerprint density at radius 2 is 1.60 bits per heavy atom. The van der Waals surface area contributed by atoms with Crippen molar-refractivity contribution in [3.63, 3.8) is 0 Å². The number of hydrogen-bond acceptors (Lipinski definition) is 0. The summed E-state index contributed by atoms with van der Waals surface area (Å²) in [6, 6.07) is 0. The van der Waals surface area contributed by atoms with Crippen molar-refractivity contribution < 1.29 is 0 Å². The van der Waals surface area contributed by atoms with Crippen LogP contribution in [0.15, 0.2) is 0 Å². The van der Waals surface area contributed by atoms with Crippen LogP contribution < -0.4 is 0 Å². The lowest BCUT2D eigenvalue weighted by Gasteiger charge is -2.28. The molecule has 0 radical (unpaired) electrons. The van der Waals surface area contributed by atoms with Gasteiger partial charge in [0.25, 0.3) is 0 Å². The van der Waals surface area contributed by atoms with Gasteiger partial charge in [0.05, 0.1) is 0 Å². The fraction of sp³-hybridized carbons (Fsp3) is 1.00. The number of hydrogen-bond donors (Lipinski definition) is 0. The SMILES string of the molecule is CCCC(C)C(CC)C1CC(C)C(C)C1. The molecule has 90 valence electrons. The van der Waals surface area contributed by atoms with Crippen LogP contribution in [0.1, 0.15) is 66.7 Å². The fourth-order valence-electron chi connectivity index (χ4n) is 3.74.